The van der Waals surface area contributed by atoms with E-state index in [2.05, 4.69) is 15.0 Å². The van der Waals surface area contributed by atoms with Crippen LogP contribution in [0.25, 0.3) is 22.3 Å². The van der Waals surface area contributed by atoms with E-state index in [4.69, 9.17) is 5.73 Å². The molecule has 0 aliphatic carbocycles. The van der Waals surface area contributed by atoms with E-state index in [9.17, 15) is 0 Å². The SMILES string of the molecule is Cc1cnc(-c2ccc3ncccc3c2)nc1N. The third-order valence-electron chi connectivity index (χ3n) is 2.87. The van der Waals surface area contributed by atoms with Crippen LogP contribution in [0.3, 0.4) is 0 Å². The highest BCUT2D eigenvalue weighted by atomic mass is 14.9. The zero-order valence-electron chi connectivity index (χ0n) is 9.96. The summed E-state index contributed by atoms with van der Waals surface area (Å²) in [6, 6.07) is 9.87. The predicted octanol–water partition coefficient (Wildman–Crippen LogP) is 2.58. The smallest absolute Gasteiger partial charge is 0.161 e. The number of hydrogen-bond acceptors (Lipinski definition) is 4. The van der Waals surface area contributed by atoms with Crippen molar-refractivity contribution in [1.29, 1.82) is 0 Å². The van der Waals surface area contributed by atoms with Gasteiger partial charge in [-0.15, -0.1) is 0 Å². The van der Waals surface area contributed by atoms with E-state index in [1.165, 1.54) is 0 Å². The molecule has 0 radical (unpaired) electrons. The van der Waals surface area contributed by atoms with E-state index in [-0.39, 0.29) is 0 Å². The Hall–Kier alpha value is -2.49. The van der Waals surface area contributed by atoms with Crippen molar-refractivity contribution in [2.45, 2.75) is 6.92 Å². The molecule has 2 heterocycles. The molecule has 0 aliphatic rings. The minimum atomic E-state index is 0.520. The number of aryl methyl sites for hydroxylation is 1. The van der Waals surface area contributed by atoms with E-state index in [0.29, 0.717) is 11.6 Å². The Morgan fingerprint density at radius 1 is 1.11 bits per heavy atom. The monoisotopic (exact) mass is 236 g/mol. The number of benzene rings is 1. The zero-order valence-corrected chi connectivity index (χ0v) is 9.96. The molecule has 1 aromatic carbocycles. The van der Waals surface area contributed by atoms with Crippen molar-refractivity contribution in [1.82, 2.24) is 15.0 Å². The molecule has 0 unspecified atom stereocenters. The molecule has 3 aromatic rings. The molecule has 3 rings (SSSR count). The van der Waals surface area contributed by atoms with Gasteiger partial charge in [-0.2, -0.15) is 0 Å². The van der Waals surface area contributed by atoms with Gasteiger partial charge >= 0.3 is 0 Å². The summed E-state index contributed by atoms with van der Waals surface area (Å²) in [4.78, 5) is 12.9. The third kappa shape index (κ3) is 1.78. The second-order valence-corrected chi connectivity index (χ2v) is 4.17. The number of rotatable bonds is 1. The maximum absolute atomic E-state index is 5.81. The molecule has 0 fully saturated rings. The Balaban J connectivity index is 2.16. The van der Waals surface area contributed by atoms with Gasteiger partial charge < -0.3 is 5.73 Å². The van der Waals surface area contributed by atoms with Gasteiger partial charge in [0.15, 0.2) is 5.82 Å². The number of nitrogens with two attached hydrogens (primary N) is 1. The van der Waals surface area contributed by atoms with Crippen molar-refractivity contribution in [3.8, 4) is 11.4 Å². The summed E-state index contributed by atoms with van der Waals surface area (Å²) in [5.74, 6) is 1.16. The molecule has 0 saturated carbocycles. The first kappa shape index (κ1) is 10.7. The second-order valence-electron chi connectivity index (χ2n) is 4.17. The Kier molecular flexibility index (Phi) is 2.41. The molecule has 18 heavy (non-hydrogen) atoms. The fourth-order valence-electron chi connectivity index (χ4n) is 1.81. The molecule has 4 nitrogen and oxygen atoms in total. The molecular weight excluding hydrogens is 224 g/mol. The van der Waals surface area contributed by atoms with Gasteiger partial charge in [0.25, 0.3) is 0 Å². The summed E-state index contributed by atoms with van der Waals surface area (Å²) >= 11 is 0. The van der Waals surface area contributed by atoms with Crippen molar-refractivity contribution in [2.75, 3.05) is 5.73 Å². The molecule has 0 aliphatic heterocycles. The lowest BCUT2D eigenvalue weighted by molar-refractivity contribution is 1.15. The lowest BCUT2D eigenvalue weighted by Crippen LogP contribution is -1.98. The highest BCUT2D eigenvalue weighted by molar-refractivity contribution is 5.83. The fraction of sp³-hybridized carbons (Fsp3) is 0.0714. The van der Waals surface area contributed by atoms with Crippen LogP contribution in [-0.2, 0) is 0 Å². The van der Waals surface area contributed by atoms with Crippen molar-refractivity contribution in [2.24, 2.45) is 0 Å². The quantitative estimate of drug-likeness (QED) is 0.705. The van der Waals surface area contributed by atoms with E-state index in [0.717, 1.165) is 22.0 Å². The number of pyridine rings is 1. The van der Waals surface area contributed by atoms with Crippen LogP contribution in [0.4, 0.5) is 5.82 Å². The van der Waals surface area contributed by atoms with E-state index in [1.807, 2.05) is 37.3 Å². The number of anilines is 1. The summed E-state index contributed by atoms with van der Waals surface area (Å²) in [5.41, 5.74) is 8.60. The molecule has 0 spiro atoms. The highest BCUT2D eigenvalue weighted by Gasteiger charge is 2.04. The number of nitrogens with zero attached hydrogens (tertiary/aromatic N) is 3. The van der Waals surface area contributed by atoms with Gasteiger partial charge in [0.2, 0.25) is 0 Å². The van der Waals surface area contributed by atoms with Gasteiger partial charge in [-0.25, -0.2) is 9.97 Å². The van der Waals surface area contributed by atoms with Crippen LogP contribution in [-0.4, -0.2) is 15.0 Å². The number of fused-ring (bicyclic) bond motifs is 1. The van der Waals surface area contributed by atoms with Crippen molar-refractivity contribution in [3.05, 3.63) is 48.3 Å². The van der Waals surface area contributed by atoms with Crippen LogP contribution >= 0.6 is 0 Å². The highest BCUT2D eigenvalue weighted by Crippen LogP contribution is 2.21. The number of nitrogen functional groups attached to an aromatic ring is 1. The maximum atomic E-state index is 5.81. The fourth-order valence-corrected chi connectivity index (χ4v) is 1.81. The molecular formula is C14H12N4. The number of hydrogen-bond donors (Lipinski definition) is 1. The summed E-state index contributed by atoms with van der Waals surface area (Å²) in [6.07, 6.45) is 3.52. The first-order valence-electron chi connectivity index (χ1n) is 5.68. The van der Waals surface area contributed by atoms with Gasteiger partial charge in [-0.05, 0) is 31.2 Å². The summed E-state index contributed by atoms with van der Waals surface area (Å²) in [5, 5.41) is 1.07. The average molecular weight is 236 g/mol. The number of aromatic nitrogens is 3. The van der Waals surface area contributed by atoms with Crippen molar-refractivity contribution in [3.63, 3.8) is 0 Å². The first-order chi connectivity index (χ1) is 8.74. The van der Waals surface area contributed by atoms with Crippen LogP contribution in [0.15, 0.2) is 42.7 Å². The lowest BCUT2D eigenvalue weighted by atomic mass is 10.1. The normalized spacial score (nSPS) is 10.7. The van der Waals surface area contributed by atoms with Crippen LogP contribution in [0, 0.1) is 6.92 Å². The Bertz CT molecular complexity index is 722. The summed E-state index contributed by atoms with van der Waals surface area (Å²) < 4.78 is 0. The molecule has 0 bridgehead atoms. The Labute approximate surface area is 105 Å². The van der Waals surface area contributed by atoms with Gasteiger partial charge in [0, 0.05) is 28.9 Å². The van der Waals surface area contributed by atoms with E-state index < -0.39 is 0 Å². The van der Waals surface area contributed by atoms with Crippen LogP contribution in [0.2, 0.25) is 0 Å². The Morgan fingerprint density at radius 2 is 2.00 bits per heavy atom. The van der Waals surface area contributed by atoms with Gasteiger partial charge in [0.05, 0.1) is 5.52 Å². The largest absolute Gasteiger partial charge is 0.383 e. The van der Waals surface area contributed by atoms with Gasteiger partial charge in [0.1, 0.15) is 5.82 Å². The van der Waals surface area contributed by atoms with E-state index in [1.54, 1.807) is 12.4 Å². The molecule has 0 amide bonds. The summed E-state index contributed by atoms with van der Waals surface area (Å²) in [6.45, 7) is 1.89. The molecule has 0 saturated heterocycles. The third-order valence-corrected chi connectivity index (χ3v) is 2.87. The average Bonchev–Trinajstić information content (AvgIpc) is 2.41. The molecule has 2 aromatic heterocycles. The van der Waals surface area contributed by atoms with Crippen molar-refractivity contribution < 1.29 is 0 Å². The summed E-state index contributed by atoms with van der Waals surface area (Å²) in [7, 11) is 0. The molecule has 0 atom stereocenters. The molecule has 2 N–H and O–H groups in total. The van der Waals surface area contributed by atoms with Crippen molar-refractivity contribution >= 4 is 16.7 Å². The van der Waals surface area contributed by atoms with Crippen LogP contribution in [0.5, 0.6) is 0 Å². The predicted molar refractivity (Wildman–Crippen MR) is 71.9 cm³/mol. The molecule has 4 heteroatoms. The lowest BCUT2D eigenvalue weighted by Gasteiger charge is -2.04. The minimum Gasteiger partial charge on any atom is -0.383 e. The zero-order chi connectivity index (χ0) is 12.5. The maximum Gasteiger partial charge on any atom is 0.161 e. The molecule has 88 valence electrons. The standard InChI is InChI=1S/C14H12N4/c1-9-8-17-14(18-13(9)15)11-4-5-12-10(7-11)3-2-6-16-12/h2-8H,1H3,(H2,15,17,18). The first-order valence-corrected chi connectivity index (χ1v) is 5.68. The van der Waals surface area contributed by atoms with Gasteiger partial charge in [-0.3, -0.25) is 4.98 Å². The Morgan fingerprint density at radius 3 is 2.83 bits per heavy atom. The minimum absolute atomic E-state index is 0.520. The van der Waals surface area contributed by atoms with Crippen LogP contribution in [0.1, 0.15) is 5.56 Å². The topological polar surface area (TPSA) is 64.7 Å². The van der Waals surface area contributed by atoms with Gasteiger partial charge in [-0.1, -0.05) is 6.07 Å². The second kappa shape index (κ2) is 4.07. The van der Waals surface area contributed by atoms with Crippen LogP contribution < -0.4 is 5.73 Å². The van der Waals surface area contributed by atoms with E-state index >= 15 is 0 Å².